The molecule has 0 spiro atoms. The van der Waals surface area contributed by atoms with Crippen molar-refractivity contribution in [1.82, 2.24) is 0 Å². The normalized spacial score (nSPS) is 34.1. The molecule has 0 radical (unpaired) electrons. The van der Waals surface area contributed by atoms with E-state index < -0.39 is 18.0 Å². The highest BCUT2D eigenvalue weighted by Gasteiger charge is 2.42. The highest BCUT2D eigenvalue weighted by molar-refractivity contribution is 5.00. The van der Waals surface area contributed by atoms with Crippen LogP contribution in [0.1, 0.15) is 13.8 Å². The first-order valence-electron chi connectivity index (χ1n) is 4.29. The third kappa shape index (κ3) is 2.18. The number of aliphatic hydroxyl groups excluding tert-OH is 1. The van der Waals surface area contributed by atoms with Crippen molar-refractivity contribution >= 4 is 0 Å². The van der Waals surface area contributed by atoms with Crippen molar-refractivity contribution in [2.24, 2.45) is 0 Å². The van der Waals surface area contributed by atoms with Crippen molar-refractivity contribution in [3.63, 3.8) is 0 Å². The van der Waals surface area contributed by atoms with E-state index in [2.05, 4.69) is 13.2 Å². The van der Waals surface area contributed by atoms with Crippen LogP contribution in [0.3, 0.4) is 0 Å². The average molecular weight is 184 g/mol. The summed E-state index contributed by atoms with van der Waals surface area (Å²) in [5.74, 6) is -0.659. The second-order valence-electron chi connectivity index (χ2n) is 3.53. The molecule has 3 nitrogen and oxygen atoms in total. The maximum atomic E-state index is 9.52. The van der Waals surface area contributed by atoms with Crippen LogP contribution in [0.5, 0.6) is 0 Å². The summed E-state index contributed by atoms with van der Waals surface area (Å²) in [5.41, 5.74) is 0. The van der Waals surface area contributed by atoms with Crippen LogP contribution in [-0.2, 0) is 9.47 Å². The summed E-state index contributed by atoms with van der Waals surface area (Å²) in [6, 6.07) is 0. The van der Waals surface area contributed by atoms with Crippen molar-refractivity contribution in [3.05, 3.63) is 25.3 Å². The highest BCUT2D eigenvalue weighted by atomic mass is 16.8. The Kier molecular flexibility index (Phi) is 2.91. The van der Waals surface area contributed by atoms with Gasteiger partial charge in [-0.3, -0.25) is 0 Å². The average Bonchev–Trinajstić information content (AvgIpc) is 2.39. The predicted octanol–water partition coefficient (Wildman–Crippen LogP) is 1.24. The molecule has 1 aliphatic heterocycles. The molecule has 1 fully saturated rings. The van der Waals surface area contributed by atoms with Gasteiger partial charge in [0.15, 0.2) is 5.79 Å². The Morgan fingerprint density at radius 3 is 2.46 bits per heavy atom. The lowest BCUT2D eigenvalue weighted by Crippen LogP contribution is -2.32. The number of rotatable bonds is 3. The largest absolute Gasteiger partial charge is 0.386 e. The minimum Gasteiger partial charge on any atom is -0.386 e. The molecule has 0 saturated carbocycles. The first-order chi connectivity index (χ1) is 6.00. The lowest BCUT2D eigenvalue weighted by molar-refractivity contribution is -0.150. The second kappa shape index (κ2) is 3.62. The van der Waals surface area contributed by atoms with Gasteiger partial charge in [-0.25, -0.2) is 0 Å². The Labute approximate surface area is 78.7 Å². The summed E-state index contributed by atoms with van der Waals surface area (Å²) >= 11 is 0. The predicted molar refractivity (Wildman–Crippen MR) is 50.2 cm³/mol. The van der Waals surface area contributed by atoms with Crippen molar-refractivity contribution in [2.75, 3.05) is 0 Å². The molecule has 1 unspecified atom stereocenters. The molecule has 0 amide bonds. The van der Waals surface area contributed by atoms with Gasteiger partial charge in [0.25, 0.3) is 0 Å². The Balaban J connectivity index is 2.74. The van der Waals surface area contributed by atoms with E-state index >= 15 is 0 Å². The molecule has 0 aromatic heterocycles. The van der Waals surface area contributed by atoms with Gasteiger partial charge in [-0.15, -0.1) is 13.2 Å². The molecule has 74 valence electrons. The Bertz CT molecular complexity index is 210. The number of ether oxygens (including phenoxy) is 2. The van der Waals surface area contributed by atoms with E-state index in [1.807, 2.05) is 0 Å². The molecule has 3 heteroatoms. The fraction of sp³-hybridized carbons (Fsp3) is 0.600. The molecule has 1 N–H and O–H groups in total. The molecule has 13 heavy (non-hydrogen) atoms. The molecule has 1 aliphatic rings. The molecule has 1 rings (SSSR count). The van der Waals surface area contributed by atoms with E-state index in [4.69, 9.17) is 9.47 Å². The summed E-state index contributed by atoms with van der Waals surface area (Å²) in [7, 11) is 0. The smallest absolute Gasteiger partial charge is 0.164 e. The third-order valence-corrected chi connectivity index (χ3v) is 1.97. The van der Waals surface area contributed by atoms with Crippen LogP contribution in [0.25, 0.3) is 0 Å². The van der Waals surface area contributed by atoms with Crippen LogP contribution < -0.4 is 0 Å². The van der Waals surface area contributed by atoms with Gasteiger partial charge in [-0.2, -0.15) is 0 Å². The van der Waals surface area contributed by atoms with Crippen LogP contribution in [0.2, 0.25) is 0 Å². The van der Waals surface area contributed by atoms with Crippen molar-refractivity contribution in [1.29, 1.82) is 0 Å². The standard InChI is InChI=1S/C10H16O3/c1-5-7(11)9-8(6-2)12-10(3,4)13-9/h5-9,11H,1-2H2,3-4H3/t7-,8?,9-/m0/s1. The summed E-state index contributed by atoms with van der Waals surface area (Å²) < 4.78 is 11.0. The zero-order chi connectivity index (χ0) is 10.1. The summed E-state index contributed by atoms with van der Waals surface area (Å²) in [4.78, 5) is 0. The lowest BCUT2D eigenvalue weighted by Gasteiger charge is -2.18. The molecule has 0 bridgehead atoms. The first-order valence-corrected chi connectivity index (χ1v) is 4.29. The Morgan fingerprint density at radius 1 is 1.38 bits per heavy atom. The van der Waals surface area contributed by atoms with Gasteiger partial charge < -0.3 is 14.6 Å². The highest BCUT2D eigenvalue weighted by Crippen LogP contribution is 2.30. The quantitative estimate of drug-likeness (QED) is 0.671. The zero-order valence-corrected chi connectivity index (χ0v) is 8.06. The third-order valence-electron chi connectivity index (χ3n) is 1.97. The van der Waals surface area contributed by atoms with Gasteiger partial charge in [-0.1, -0.05) is 12.2 Å². The SMILES string of the molecule is C=CC1OC(C)(C)O[C@H]1[C@@H](O)C=C. The van der Waals surface area contributed by atoms with E-state index in [9.17, 15) is 5.11 Å². The summed E-state index contributed by atoms with van der Waals surface area (Å²) in [6.45, 7) is 10.7. The van der Waals surface area contributed by atoms with E-state index in [-0.39, 0.29) is 6.10 Å². The van der Waals surface area contributed by atoms with E-state index in [1.165, 1.54) is 6.08 Å². The van der Waals surface area contributed by atoms with Crippen molar-refractivity contribution in [2.45, 2.75) is 37.9 Å². The van der Waals surface area contributed by atoms with Gasteiger partial charge >= 0.3 is 0 Å². The molecule has 3 atom stereocenters. The minimum atomic E-state index is -0.718. The van der Waals surface area contributed by atoms with E-state index in [1.54, 1.807) is 19.9 Å². The van der Waals surface area contributed by atoms with Crippen LogP contribution in [0.15, 0.2) is 25.3 Å². The molecule has 0 aromatic rings. The van der Waals surface area contributed by atoms with E-state index in [0.29, 0.717) is 0 Å². The topological polar surface area (TPSA) is 38.7 Å². The van der Waals surface area contributed by atoms with Gasteiger partial charge in [0.2, 0.25) is 0 Å². The van der Waals surface area contributed by atoms with Crippen molar-refractivity contribution < 1.29 is 14.6 Å². The Morgan fingerprint density at radius 2 is 2.00 bits per heavy atom. The Hall–Kier alpha value is -0.640. The number of hydrogen-bond donors (Lipinski definition) is 1. The molecule has 1 heterocycles. The summed E-state index contributed by atoms with van der Waals surface area (Å²) in [5, 5.41) is 9.52. The van der Waals surface area contributed by atoms with Gasteiger partial charge in [0, 0.05) is 0 Å². The van der Waals surface area contributed by atoms with E-state index in [0.717, 1.165) is 0 Å². The van der Waals surface area contributed by atoms with Gasteiger partial charge in [-0.05, 0) is 13.8 Å². The minimum absolute atomic E-state index is 0.275. The van der Waals surface area contributed by atoms with Gasteiger partial charge in [0.05, 0.1) is 0 Å². The fourth-order valence-corrected chi connectivity index (χ4v) is 1.40. The first kappa shape index (κ1) is 10.4. The second-order valence-corrected chi connectivity index (χ2v) is 3.53. The molecular formula is C10H16O3. The lowest BCUT2D eigenvalue weighted by atomic mass is 10.1. The molecule has 0 aliphatic carbocycles. The fourth-order valence-electron chi connectivity index (χ4n) is 1.40. The monoisotopic (exact) mass is 184 g/mol. The summed E-state index contributed by atoms with van der Waals surface area (Å²) in [6.07, 6.45) is 1.68. The van der Waals surface area contributed by atoms with Crippen molar-refractivity contribution in [3.8, 4) is 0 Å². The molecular weight excluding hydrogens is 168 g/mol. The van der Waals surface area contributed by atoms with Crippen LogP contribution in [0, 0.1) is 0 Å². The number of aliphatic hydroxyl groups is 1. The molecule has 1 saturated heterocycles. The maximum absolute atomic E-state index is 9.52. The van der Waals surface area contributed by atoms with Crippen LogP contribution in [0.4, 0.5) is 0 Å². The molecule has 0 aromatic carbocycles. The van der Waals surface area contributed by atoms with Crippen LogP contribution >= 0.6 is 0 Å². The maximum Gasteiger partial charge on any atom is 0.164 e. The zero-order valence-electron chi connectivity index (χ0n) is 8.06. The van der Waals surface area contributed by atoms with Gasteiger partial charge in [0.1, 0.15) is 18.3 Å². The van der Waals surface area contributed by atoms with Crippen LogP contribution in [-0.4, -0.2) is 29.2 Å². The number of hydrogen-bond acceptors (Lipinski definition) is 3.